The SMILES string of the molecule is Cc1ccc(Cn2nc(C(=O)N3CCN(c4ccc(C5CC5)nn4)CC3)ccc2=O)cc1. The second-order valence-electron chi connectivity index (χ2n) is 8.57. The van der Waals surface area contributed by atoms with Crippen molar-refractivity contribution in [2.75, 3.05) is 31.1 Å². The number of piperazine rings is 1. The molecule has 1 aliphatic carbocycles. The molecular weight excluding hydrogens is 404 g/mol. The highest BCUT2D eigenvalue weighted by Crippen LogP contribution is 2.38. The number of benzene rings is 1. The minimum atomic E-state index is -0.222. The van der Waals surface area contributed by atoms with Gasteiger partial charge in [-0.2, -0.15) is 10.2 Å². The number of rotatable bonds is 5. The first-order chi connectivity index (χ1) is 15.6. The van der Waals surface area contributed by atoms with Gasteiger partial charge in [0.2, 0.25) is 0 Å². The zero-order valence-electron chi connectivity index (χ0n) is 18.1. The number of anilines is 1. The monoisotopic (exact) mass is 430 g/mol. The van der Waals surface area contributed by atoms with Crippen LogP contribution in [0.5, 0.6) is 0 Å². The summed E-state index contributed by atoms with van der Waals surface area (Å²) in [6, 6.07) is 15.0. The van der Waals surface area contributed by atoms with E-state index < -0.39 is 0 Å². The zero-order chi connectivity index (χ0) is 22.1. The highest BCUT2D eigenvalue weighted by atomic mass is 16.2. The number of nitrogens with zero attached hydrogens (tertiary/aromatic N) is 6. The number of aryl methyl sites for hydroxylation is 1. The summed E-state index contributed by atoms with van der Waals surface area (Å²) in [5.41, 5.74) is 3.27. The Morgan fingerprint density at radius 1 is 0.938 bits per heavy atom. The van der Waals surface area contributed by atoms with Crippen LogP contribution in [0.2, 0.25) is 0 Å². The molecule has 0 N–H and O–H groups in total. The van der Waals surface area contributed by atoms with Gasteiger partial charge in [0.05, 0.1) is 12.2 Å². The number of carbonyl (C=O) groups is 1. The summed E-state index contributed by atoms with van der Waals surface area (Å²) in [6.45, 7) is 4.87. The topological polar surface area (TPSA) is 84.2 Å². The van der Waals surface area contributed by atoms with E-state index in [2.05, 4.69) is 26.3 Å². The third kappa shape index (κ3) is 4.39. The van der Waals surface area contributed by atoms with Gasteiger partial charge in [0.1, 0.15) is 5.69 Å². The summed E-state index contributed by atoms with van der Waals surface area (Å²) in [5.74, 6) is 1.29. The van der Waals surface area contributed by atoms with Crippen molar-refractivity contribution in [3.8, 4) is 0 Å². The summed E-state index contributed by atoms with van der Waals surface area (Å²) in [7, 11) is 0. The van der Waals surface area contributed by atoms with Crippen molar-refractivity contribution in [2.24, 2.45) is 0 Å². The van der Waals surface area contributed by atoms with E-state index in [1.807, 2.05) is 37.3 Å². The molecule has 1 aromatic carbocycles. The summed E-state index contributed by atoms with van der Waals surface area (Å²) in [4.78, 5) is 29.2. The number of carbonyl (C=O) groups excluding carboxylic acids is 1. The van der Waals surface area contributed by atoms with Crippen LogP contribution in [0, 0.1) is 6.92 Å². The Hall–Kier alpha value is -3.55. The Kier molecular flexibility index (Phi) is 5.43. The van der Waals surface area contributed by atoms with Gasteiger partial charge in [0, 0.05) is 38.2 Å². The Bertz CT molecular complexity index is 1160. The maximum Gasteiger partial charge on any atom is 0.274 e. The van der Waals surface area contributed by atoms with Gasteiger partial charge in [0.25, 0.3) is 11.5 Å². The molecule has 164 valence electrons. The third-order valence-corrected chi connectivity index (χ3v) is 6.10. The van der Waals surface area contributed by atoms with E-state index in [-0.39, 0.29) is 11.5 Å². The van der Waals surface area contributed by atoms with Crippen molar-refractivity contribution in [3.63, 3.8) is 0 Å². The molecule has 32 heavy (non-hydrogen) atoms. The van der Waals surface area contributed by atoms with Crippen LogP contribution >= 0.6 is 0 Å². The predicted molar refractivity (Wildman–Crippen MR) is 121 cm³/mol. The maximum absolute atomic E-state index is 13.0. The van der Waals surface area contributed by atoms with Crippen molar-refractivity contribution >= 4 is 11.7 Å². The molecule has 2 aromatic heterocycles. The van der Waals surface area contributed by atoms with Gasteiger partial charge in [0.15, 0.2) is 5.82 Å². The summed E-state index contributed by atoms with van der Waals surface area (Å²) in [6.07, 6.45) is 2.42. The van der Waals surface area contributed by atoms with Crippen molar-refractivity contribution in [1.82, 2.24) is 24.9 Å². The second-order valence-corrected chi connectivity index (χ2v) is 8.57. The molecule has 8 heteroatoms. The van der Waals surface area contributed by atoms with E-state index in [1.54, 1.807) is 4.90 Å². The van der Waals surface area contributed by atoms with Crippen molar-refractivity contribution < 1.29 is 4.79 Å². The van der Waals surface area contributed by atoms with Gasteiger partial charge in [-0.05, 0) is 43.5 Å². The molecule has 2 aliphatic rings. The van der Waals surface area contributed by atoms with Gasteiger partial charge in [-0.1, -0.05) is 29.8 Å². The standard InChI is InChI=1S/C24H26N6O2/c1-17-2-4-18(5-3-17)16-30-23(31)11-9-21(27-30)24(32)29-14-12-28(13-15-29)22-10-8-20(25-26-22)19-6-7-19/h2-5,8-11,19H,6-7,12-16H2,1H3. The van der Waals surface area contributed by atoms with Crippen molar-refractivity contribution in [2.45, 2.75) is 32.2 Å². The third-order valence-electron chi connectivity index (χ3n) is 6.10. The lowest BCUT2D eigenvalue weighted by molar-refractivity contribution is 0.0737. The first kappa shape index (κ1) is 20.4. The Balaban J connectivity index is 1.23. The fourth-order valence-electron chi connectivity index (χ4n) is 3.94. The molecule has 0 spiro atoms. The molecule has 5 rings (SSSR count). The molecular formula is C24H26N6O2. The smallest absolute Gasteiger partial charge is 0.274 e. The average Bonchev–Trinajstić information content (AvgIpc) is 3.67. The number of hydrogen-bond donors (Lipinski definition) is 0. The molecule has 1 amide bonds. The number of aromatic nitrogens is 4. The van der Waals surface area contributed by atoms with Crippen LogP contribution in [0.1, 0.15) is 46.1 Å². The average molecular weight is 431 g/mol. The van der Waals surface area contributed by atoms with Gasteiger partial charge in [-0.3, -0.25) is 9.59 Å². The quantitative estimate of drug-likeness (QED) is 0.617. The van der Waals surface area contributed by atoms with Crippen molar-refractivity contribution in [1.29, 1.82) is 0 Å². The second kappa shape index (κ2) is 8.53. The molecule has 1 aliphatic heterocycles. The minimum Gasteiger partial charge on any atom is -0.352 e. The molecule has 3 heterocycles. The predicted octanol–water partition coefficient (Wildman–Crippen LogP) is 2.23. The highest BCUT2D eigenvalue weighted by molar-refractivity contribution is 5.92. The largest absolute Gasteiger partial charge is 0.352 e. The van der Waals surface area contributed by atoms with Crippen LogP contribution in [0.15, 0.2) is 53.3 Å². The Morgan fingerprint density at radius 3 is 2.34 bits per heavy atom. The summed E-state index contributed by atoms with van der Waals surface area (Å²) < 4.78 is 1.35. The van der Waals surface area contributed by atoms with E-state index >= 15 is 0 Å². The Morgan fingerprint density at radius 2 is 1.69 bits per heavy atom. The van der Waals surface area contributed by atoms with Crippen LogP contribution in [0.25, 0.3) is 0 Å². The first-order valence-corrected chi connectivity index (χ1v) is 11.1. The first-order valence-electron chi connectivity index (χ1n) is 11.1. The molecule has 3 aromatic rings. The van der Waals surface area contributed by atoms with Crippen molar-refractivity contribution in [3.05, 3.63) is 81.4 Å². The molecule has 8 nitrogen and oxygen atoms in total. The fourth-order valence-corrected chi connectivity index (χ4v) is 3.94. The minimum absolute atomic E-state index is 0.155. The zero-order valence-corrected chi connectivity index (χ0v) is 18.1. The van der Waals surface area contributed by atoms with E-state index in [0.717, 1.165) is 22.6 Å². The summed E-state index contributed by atoms with van der Waals surface area (Å²) >= 11 is 0. The highest BCUT2D eigenvalue weighted by Gasteiger charge is 2.27. The summed E-state index contributed by atoms with van der Waals surface area (Å²) in [5, 5.41) is 13.1. The molecule has 0 atom stereocenters. The fraction of sp³-hybridized carbons (Fsp3) is 0.375. The van der Waals surface area contributed by atoms with Crippen LogP contribution in [0.4, 0.5) is 5.82 Å². The van der Waals surface area contributed by atoms with E-state index in [0.29, 0.717) is 44.3 Å². The Labute approximate surface area is 186 Å². The molecule has 0 unspecified atom stereocenters. The lowest BCUT2D eigenvalue weighted by Crippen LogP contribution is -2.49. The van der Waals surface area contributed by atoms with Crippen LogP contribution in [-0.4, -0.2) is 57.0 Å². The van der Waals surface area contributed by atoms with Crippen LogP contribution in [0.3, 0.4) is 0 Å². The molecule has 1 saturated carbocycles. The van der Waals surface area contributed by atoms with E-state index in [1.165, 1.54) is 29.7 Å². The van der Waals surface area contributed by atoms with Crippen LogP contribution in [-0.2, 0) is 6.54 Å². The van der Waals surface area contributed by atoms with Gasteiger partial charge < -0.3 is 9.80 Å². The van der Waals surface area contributed by atoms with E-state index in [4.69, 9.17) is 0 Å². The number of hydrogen-bond acceptors (Lipinski definition) is 6. The van der Waals surface area contributed by atoms with Gasteiger partial charge >= 0.3 is 0 Å². The molecule has 0 radical (unpaired) electrons. The molecule has 0 bridgehead atoms. The van der Waals surface area contributed by atoms with Gasteiger partial charge in [-0.15, -0.1) is 5.10 Å². The molecule has 1 saturated heterocycles. The lowest BCUT2D eigenvalue weighted by Gasteiger charge is -2.35. The van der Waals surface area contributed by atoms with E-state index in [9.17, 15) is 9.59 Å². The molecule has 2 fully saturated rings. The lowest BCUT2D eigenvalue weighted by atomic mass is 10.1. The van der Waals surface area contributed by atoms with Crippen LogP contribution < -0.4 is 10.5 Å². The maximum atomic E-state index is 13.0. The normalized spacial score (nSPS) is 16.3. The number of amides is 1. The van der Waals surface area contributed by atoms with Gasteiger partial charge in [-0.25, -0.2) is 4.68 Å².